The zero-order valence-corrected chi connectivity index (χ0v) is 22.0. The third kappa shape index (κ3) is 5.86. The minimum absolute atomic E-state index is 0.149. The van der Waals surface area contributed by atoms with Crippen molar-refractivity contribution in [3.63, 3.8) is 0 Å². The Morgan fingerprint density at radius 3 is 2.81 bits per heavy atom. The highest BCUT2D eigenvalue weighted by molar-refractivity contribution is 5.83. The van der Waals surface area contributed by atoms with Gasteiger partial charge < -0.3 is 19.9 Å². The summed E-state index contributed by atoms with van der Waals surface area (Å²) in [6, 6.07) is 21.1. The van der Waals surface area contributed by atoms with Gasteiger partial charge in [-0.25, -0.2) is 4.98 Å². The van der Waals surface area contributed by atoms with Gasteiger partial charge in [-0.1, -0.05) is 48.5 Å². The monoisotopic (exact) mass is 498 g/mol. The van der Waals surface area contributed by atoms with Crippen molar-refractivity contribution in [2.24, 2.45) is 5.73 Å². The van der Waals surface area contributed by atoms with Crippen molar-refractivity contribution in [1.29, 1.82) is 0 Å². The second kappa shape index (κ2) is 11.4. The first-order valence-electron chi connectivity index (χ1n) is 13.5. The lowest BCUT2D eigenvalue weighted by atomic mass is 9.95. The van der Waals surface area contributed by atoms with Crippen molar-refractivity contribution in [2.45, 2.75) is 57.5 Å². The van der Waals surface area contributed by atoms with Crippen LogP contribution in [0.25, 0.3) is 21.8 Å². The van der Waals surface area contributed by atoms with E-state index in [-0.39, 0.29) is 17.9 Å². The Hall–Kier alpha value is -3.22. The summed E-state index contributed by atoms with van der Waals surface area (Å²) in [6.07, 6.45) is 4.02. The summed E-state index contributed by atoms with van der Waals surface area (Å²) in [5.74, 6) is 1.47. The molecule has 0 radical (unpaired) electrons. The van der Waals surface area contributed by atoms with E-state index in [0.29, 0.717) is 19.4 Å². The fraction of sp³-hybridized carbons (Fsp3) is 0.419. The number of hydrogen-bond acceptors (Lipinski definition) is 4. The van der Waals surface area contributed by atoms with E-state index in [4.69, 9.17) is 15.5 Å². The Bertz CT molecular complexity index is 1380. The van der Waals surface area contributed by atoms with Crippen molar-refractivity contribution in [2.75, 3.05) is 26.8 Å². The maximum Gasteiger partial charge on any atom is 0.224 e. The number of amides is 1. The van der Waals surface area contributed by atoms with Crippen LogP contribution in [0.4, 0.5) is 0 Å². The molecule has 1 fully saturated rings. The number of aryl methyl sites for hydroxylation is 2. The van der Waals surface area contributed by atoms with Crippen LogP contribution in [-0.2, 0) is 22.5 Å². The molecule has 0 spiro atoms. The number of nitrogens with zero attached hydrogens (tertiary/aromatic N) is 3. The van der Waals surface area contributed by atoms with Gasteiger partial charge in [-0.15, -0.1) is 0 Å². The van der Waals surface area contributed by atoms with E-state index in [1.807, 2.05) is 11.0 Å². The highest BCUT2D eigenvalue weighted by Gasteiger charge is 2.29. The molecule has 4 aromatic rings. The first-order valence-corrected chi connectivity index (χ1v) is 13.5. The molecule has 1 aliphatic heterocycles. The first kappa shape index (κ1) is 25.4. The second-order valence-electron chi connectivity index (χ2n) is 10.5. The lowest BCUT2D eigenvalue weighted by Gasteiger charge is -2.33. The van der Waals surface area contributed by atoms with Gasteiger partial charge >= 0.3 is 0 Å². The van der Waals surface area contributed by atoms with Gasteiger partial charge in [-0.05, 0) is 66.6 Å². The average Bonchev–Trinajstić information content (AvgIpc) is 3.26. The molecule has 0 saturated carbocycles. The SMILES string of the molecule is COCCCn1c([C@@H]2CCCN(C(=O)C[C@H](N)Cc3ccc4ccccc4c3)C2)nc2cc(C)ccc21. The number of nitrogens with two attached hydrogens (primary N) is 1. The molecule has 5 rings (SSSR count). The highest BCUT2D eigenvalue weighted by atomic mass is 16.5. The molecule has 0 bridgehead atoms. The predicted octanol–water partition coefficient (Wildman–Crippen LogP) is 5.20. The molecule has 6 nitrogen and oxygen atoms in total. The van der Waals surface area contributed by atoms with E-state index in [1.165, 1.54) is 21.9 Å². The van der Waals surface area contributed by atoms with Gasteiger partial charge in [0, 0.05) is 51.7 Å². The summed E-state index contributed by atoms with van der Waals surface area (Å²) in [5.41, 5.74) is 11.1. The maximum atomic E-state index is 13.3. The molecule has 1 amide bonds. The van der Waals surface area contributed by atoms with Crippen molar-refractivity contribution < 1.29 is 9.53 Å². The Morgan fingerprint density at radius 2 is 1.97 bits per heavy atom. The first-order chi connectivity index (χ1) is 18.0. The summed E-state index contributed by atoms with van der Waals surface area (Å²) in [4.78, 5) is 20.4. The number of methoxy groups -OCH3 is 1. The van der Waals surface area contributed by atoms with Crippen LogP contribution in [0.1, 0.15) is 48.6 Å². The van der Waals surface area contributed by atoms with E-state index in [1.54, 1.807) is 7.11 Å². The fourth-order valence-corrected chi connectivity index (χ4v) is 5.68. The summed E-state index contributed by atoms with van der Waals surface area (Å²) < 4.78 is 7.65. The molecule has 2 heterocycles. The smallest absolute Gasteiger partial charge is 0.224 e. The van der Waals surface area contributed by atoms with Crippen molar-refractivity contribution >= 4 is 27.7 Å². The van der Waals surface area contributed by atoms with E-state index in [9.17, 15) is 4.79 Å². The number of carbonyl (C=O) groups excluding carboxylic acids is 1. The summed E-state index contributed by atoms with van der Waals surface area (Å²) in [6.45, 7) is 5.18. The van der Waals surface area contributed by atoms with Crippen LogP contribution in [0.2, 0.25) is 0 Å². The third-order valence-corrected chi connectivity index (χ3v) is 7.55. The molecule has 2 atom stereocenters. The largest absolute Gasteiger partial charge is 0.385 e. The zero-order chi connectivity index (χ0) is 25.8. The molecule has 2 N–H and O–H groups in total. The van der Waals surface area contributed by atoms with Gasteiger partial charge in [0.15, 0.2) is 0 Å². The number of fused-ring (bicyclic) bond motifs is 2. The summed E-state index contributed by atoms with van der Waals surface area (Å²) >= 11 is 0. The topological polar surface area (TPSA) is 73.4 Å². The Balaban J connectivity index is 1.27. The van der Waals surface area contributed by atoms with E-state index in [2.05, 4.69) is 66.1 Å². The minimum Gasteiger partial charge on any atom is -0.385 e. The van der Waals surface area contributed by atoms with Gasteiger partial charge in [0.25, 0.3) is 0 Å². The van der Waals surface area contributed by atoms with Gasteiger partial charge in [0.05, 0.1) is 11.0 Å². The standard InChI is InChI=1S/C31H38N4O2/c1-22-10-13-29-28(17-22)33-31(35(29)15-6-16-37-2)26-9-5-14-34(21-26)30(36)20-27(32)19-23-11-12-24-7-3-4-8-25(24)18-23/h3-4,7-8,10-13,17-18,26-27H,5-6,9,14-16,19-21,32H2,1-2H3/t26-,27-/m1/s1. The molecular weight excluding hydrogens is 460 g/mol. The molecule has 3 aromatic carbocycles. The second-order valence-corrected chi connectivity index (χ2v) is 10.5. The number of hydrogen-bond donors (Lipinski definition) is 1. The molecule has 37 heavy (non-hydrogen) atoms. The Labute approximate surface area is 219 Å². The normalized spacial score (nSPS) is 16.9. The number of imidazole rings is 1. The van der Waals surface area contributed by atoms with Crippen LogP contribution in [-0.4, -0.2) is 53.2 Å². The average molecular weight is 499 g/mol. The lowest BCUT2D eigenvalue weighted by molar-refractivity contribution is -0.132. The number of carbonyl (C=O) groups is 1. The van der Waals surface area contributed by atoms with Crippen LogP contribution < -0.4 is 5.73 Å². The van der Waals surface area contributed by atoms with E-state index in [0.717, 1.165) is 55.8 Å². The number of aromatic nitrogens is 2. The number of rotatable bonds is 9. The van der Waals surface area contributed by atoms with E-state index < -0.39 is 0 Å². The molecule has 0 aliphatic carbocycles. The van der Waals surface area contributed by atoms with Crippen molar-refractivity contribution in [3.8, 4) is 0 Å². The van der Waals surface area contributed by atoms with Crippen LogP contribution in [0.15, 0.2) is 60.7 Å². The zero-order valence-electron chi connectivity index (χ0n) is 22.0. The summed E-state index contributed by atoms with van der Waals surface area (Å²) in [7, 11) is 1.74. The molecule has 194 valence electrons. The Morgan fingerprint density at radius 1 is 1.14 bits per heavy atom. The van der Waals surface area contributed by atoms with Crippen molar-refractivity contribution in [3.05, 3.63) is 77.6 Å². The van der Waals surface area contributed by atoms with Crippen LogP contribution in [0, 0.1) is 6.92 Å². The van der Waals surface area contributed by atoms with Crippen LogP contribution >= 0.6 is 0 Å². The lowest BCUT2D eigenvalue weighted by Crippen LogP contribution is -2.42. The van der Waals surface area contributed by atoms with E-state index >= 15 is 0 Å². The Kier molecular flexibility index (Phi) is 7.87. The number of likely N-dealkylation sites (tertiary alicyclic amines) is 1. The van der Waals surface area contributed by atoms with Gasteiger partial charge in [-0.3, -0.25) is 4.79 Å². The number of piperidine rings is 1. The molecule has 1 saturated heterocycles. The maximum absolute atomic E-state index is 13.3. The summed E-state index contributed by atoms with van der Waals surface area (Å²) in [5, 5.41) is 2.43. The quantitative estimate of drug-likeness (QED) is 0.322. The number of benzene rings is 3. The molecule has 6 heteroatoms. The van der Waals surface area contributed by atoms with Crippen LogP contribution in [0.3, 0.4) is 0 Å². The molecular formula is C31H38N4O2. The van der Waals surface area contributed by atoms with Gasteiger partial charge in [0.1, 0.15) is 5.82 Å². The van der Waals surface area contributed by atoms with Crippen LogP contribution in [0.5, 0.6) is 0 Å². The molecule has 1 aromatic heterocycles. The van der Waals surface area contributed by atoms with Gasteiger partial charge in [-0.2, -0.15) is 0 Å². The third-order valence-electron chi connectivity index (χ3n) is 7.55. The predicted molar refractivity (Wildman–Crippen MR) is 150 cm³/mol. The molecule has 0 unspecified atom stereocenters. The number of ether oxygens (including phenoxy) is 1. The van der Waals surface area contributed by atoms with Gasteiger partial charge in [0.2, 0.25) is 5.91 Å². The molecule has 1 aliphatic rings. The fourth-order valence-electron chi connectivity index (χ4n) is 5.68. The highest BCUT2D eigenvalue weighted by Crippen LogP contribution is 2.30. The minimum atomic E-state index is -0.198. The van der Waals surface area contributed by atoms with Crippen molar-refractivity contribution in [1.82, 2.24) is 14.5 Å².